The zero-order valence-corrected chi connectivity index (χ0v) is 24.2. The van der Waals surface area contributed by atoms with Gasteiger partial charge >= 0.3 is 5.97 Å². The largest absolute Gasteiger partial charge is 0.480 e. The molecule has 210 valence electrons. The molecule has 41 heavy (non-hydrogen) atoms. The number of aliphatic carboxylic acids is 1. The van der Waals surface area contributed by atoms with Crippen LogP contribution in [-0.2, 0) is 26.0 Å². The van der Waals surface area contributed by atoms with Gasteiger partial charge in [0.15, 0.2) is 0 Å². The van der Waals surface area contributed by atoms with Gasteiger partial charge < -0.3 is 15.7 Å². The van der Waals surface area contributed by atoms with Gasteiger partial charge in [-0.05, 0) is 59.2 Å². The summed E-state index contributed by atoms with van der Waals surface area (Å²) in [5.74, 6) is -2.30. The second-order valence-corrected chi connectivity index (χ2v) is 11.7. The van der Waals surface area contributed by atoms with Crippen LogP contribution in [0.5, 0.6) is 0 Å². The lowest BCUT2D eigenvalue weighted by Crippen LogP contribution is -2.42. The van der Waals surface area contributed by atoms with Crippen LogP contribution in [0.3, 0.4) is 0 Å². The van der Waals surface area contributed by atoms with E-state index in [1.54, 1.807) is 18.2 Å². The summed E-state index contributed by atoms with van der Waals surface area (Å²) in [6.45, 7) is 1.34. The van der Waals surface area contributed by atoms with Gasteiger partial charge in [-0.3, -0.25) is 14.3 Å². The molecule has 0 saturated heterocycles. The second-order valence-electron chi connectivity index (χ2n) is 9.13. The van der Waals surface area contributed by atoms with Crippen molar-refractivity contribution < 1.29 is 27.9 Å². The Morgan fingerprint density at radius 1 is 0.854 bits per heavy atom. The first kappa shape index (κ1) is 29.5. The maximum absolute atomic E-state index is 13.3. The van der Waals surface area contributed by atoms with Gasteiger partial charge in [-0.1, -0.05) is 70.5 Å². The number of benzene rings is 4. The first-order chi connectivity index (χ1) is 19.5. The van der Waals surface area contributed by atoms with Gasteiger partial charge in [-0.25, -0.2) is 13.2 Å². The van der Waals surface area contributed by atoms with Gasteiger partial charge in [0.2, 0.25) is 5.91 Å². The molecule has 4 rings (SSSR count). The van der Waals surface area contributed by atoms with E-state index in [9.17, 15) is 27.9 Å². The third-order valence-corrected chi connectivity index (χ3v) is 7.93. The number of anilines is 2. The summed E-state index contributed by atoms with van der Waals surface area (Å²) in [7, 11) is -4.12. The number of hydrogen-bond donors (Lipinski definition) is 4. The Bertz CT molecular complexity index is 1680. The lowest BCUT2D eigenvalue weighted by Gasteiger charge is -2.18. The van der Waals surface area contributed by atoms with E-state index in [1.165, 1.54) is 43.3 Å². The van der Waals surface area contributed by atoms with E-state index in [0.29, 0.717) is 15.7 Å². The first-order valence-electron chi connectivity index (χ1n) is 12.4. The molecule has 0 aromatic heterocycles. The minimum absolute atomic E-state index is 0.0197. The molecule has 0 bridgehead atoms. The van der Waals surface area contributed by atoms with Gasteiger partial charge in [0.25, 0.3) is 15.9 Å². The fraction of sp³-hybridized carbons (Fsp3) is 0.100. The zero-order chi connectivity index (χ0) is 29.6. The summed E-state index contributed by atoms with van der Waals surface area (Å²) in [5.41, 5.74) is 3.03. The zero-order valence-electron chi connectivity index (χ0n) is 21.8. The van der Waals surface area contributed by atoms with Crippen LogP contribution in [0.15, 0.2) is 106 Å². The van der Waals surface area contributed by atoms with E-state index in [1.807, 2.05) is 42.5 Å². The summed E-state index contributed by atoms with van der Waals surface area (Å²) in [6, 6.07) is 25.7. The van der Waals surface area contributed by atoms with Gasteiger partial charge in [-0.15, -0.1) is 0 Å². The average molecular weight is 637 g/mol. The van der Waals surface area contributed by atoms with E-state index < -0.39 is 27.9 Å². The molecule has 0 aliphatic heterocycles. The molecule has 4 aromatic rings. The number of rotatable bonds is 10. The van der Waals surface area contributed by atoms with Crippen LogP contribution in [-0.4, -0.2) is 37.3 Å². The lowest BCUT2D eigenvalue weighted by molar-refractivity contribution is -0.139. The Labute approximate surface area is 245 Å². The molecular weight excluding hydrogens is 610 g/mol. The van der Waals surface area contributed by atoms with Crippen molar-refractivity contribution in [1.29, 1.82) is 0 Å². The summed E-state index contributed by atoms with van der Waals surface area (Å²) in [6.07, 6.45) is 0.0197. The van der Waals surface area contributed by atoms with Gasteiger partial charge in [0, 0.05) is 23.5 Å². The van der Waals surface area contributed by atoms with Crippen LogP contribution in [0.1, 0.15) is 22.8 Å². The molecule has 0 unspecified atom stereocenters. The number of carboxylic acids is 1. The first-order valence-corrected chi connectivity index (χ1v) is 14.7. The molecule has 0 heterocycles. The molecule has 2 amide bonds. The van der Waals surface area contributed by atoms with E-state index in [2.05, 4.69) is 31.3 Å². The topological polar surface area (TPSA) is 142 Å². The number of carbonyl (C=O) groups is 3. The second kappa shape index (κ2) is 12.8. The number of carbonyl (C=O) groups excluding carboxylic acids is 2. The summed E-state index contributed by atoms with van der Waals surface area (Å²) in [4.78, 5) is 36.5. The van der Waals surface area contributed by atoms with Crippen molar-refractivity contribution in [1.82, 2.24) is 5.32 Å². The molecule has 0 aliphatic rings. The fourth-order valence-electron chi connectivity index (χ4n) is 4.05. The summed E-state index contributed by atoms with van der Waals surface area (Å²) >= 11 is 3.28. The van der Waals surface area contributed by atoms with Crippen molar-refractivity contribution in [3.8, 4) is 11.1 Å². The Morgan fingerprint density at radius 3 is 2.10 bits per heavy atom. The predicted octanol–water partition coefficient (Wildman–Crippen LogP) is 5.30. The van der Waals surface area contributed by atoms with Crippen molar-refractivity contribution in [2.75, 3.05) is 10.0 Å². The summed E-state index contributed by atoms with van der Waals surface area (Å²) < 4.78 is 29.0. The number of sulfonamides is 1. The molecule has 0 spiro atoms. The monoisotopic (exact) mass is 635 g/mol. The number of halogens is 1. The maximum Gasteiger partial charge on any atom is 0.326 e. The minimum atomic E-state index is -4.12. The van der Waals surface area contributed by atoms with Crippen molar-refractivity contribution in [2.45, 2.75) is 24.3 Å². The molecule has 9 nitrogen and oxygen atoms in total. The maximum atomic E-state index is 13.3. The molecule has 0 radical (unpaired) electrons. The highest BCUT2D eigenvalue weighted by atomic mass is 79.9. The summed E-state index contributed by atoms with van der Waals surface area (Å²) in [5, 5.41) is 14.9. The van der Waals surface area contributed by atoms with Crippen LogP contribution in [0.2, 0.25) is 0 Å². The Kier molecular flexibility index (Phi) is 9.21. The van der Waals surface area contributed by atoms with E-state index >= 15 is 0 Å². The van der Waals surface area contributed by atoms with Crippen molar-refractivity contribution in [3.05, 3.63) is 113 Å². The van der Waals surface area contributed by atoms with Gasteiger partial charge in [-0.2, -0.15) is 0 Å². The highest BCUT2D eigenvalue weighted by molar-refractivity contribution is 9.10. The average Bonchev–Trinajstić information content (AvgIpc) is 2.94. The Hall–Kier alpha value is -4.48. The van der Waals surface area contributed by atoms with E-state index in [4.69, 9.17) is 0 Å². The molecule has 11 heteroatoms. The molecule has 4 aromatic carbocycles. The highest BCUT2D eigenvalue weighted by Crippen LogP contribution is 2.25. The molecule has 4 N–H and O–H groups in total. The quantitative estimate of drug-likeness (QED) is 0.186. The number of carboxylic acid groups (broad SMARTS) is 1. The standard InChI is InChI=1S/C30H26BrN3O6S/c1-19(35)32-24-12-14-25(15-13-24)41(39,40)34-27-16-11-23(31)18-26(27)29(36)33-28(30(37)38)17-20-7-9-22(10-8-20)21-5-3-2-4-6-21/h2-16,18,28,34H,17H2,1H3,(H,32,35)(H,33,36)(H,37,38)/t28-/m0/s1. The fourth-order valence-corrected chi connectivity index (χ4v) is 5.49. The highest BCUT2D eigenvalue weighted by Gasteiger charge is 2.25. The number of hydrogen-bond acceptors (Lipinski definition) is 5. The van der Waals surface area contributed by atoms with Crippen molar-refractivity contribution in [2.24, 2.45) is 0 Å². The van der Waals surface area contributed by atoms with Crippen LogP contribution in [0.4, 0.5) is 11.4 Å². The van der Waals surface area contributed by atoms with Crippen LogP contribution < -0.4 is 15.4 Å². The third kappa shape index (κ3) is 7.80. The van der Waals surface area contributed by atoms with E-state index in [-0.39, 0.29) is 28.5 Å². The lowest BCUT2D eigenvalue weighted by atomic mass is 10.0. The Balaban J connectivity index is 1.52. The third-order valence-electron chi connectivity index (χ3n) is 6.06. The minimum Gasteiger partial charge on any atom is -0.480 e. The van der Waals surface area contributed by atoms with Gasteiger partial charge in [0.1, 0.15) is 6.04 Å². The molecular formula is C30H26BrN3O6S. The molecule has 0 saturated carbocycles. The Morgan fingerprint density at radius 2 is 1.49 bits per heavy atom. The smallest absolute Gasteiger partial charge is 0.326 e. The molecule has 1 atom stereocenters. The van der Waals surface area contributed by atoms with Crippen molar-refractivity contribution in [3.63, 3.8) is 0 Å². The van der Waals surface area contributed by atoms with Crippen molar-refractivity contribution >= 4 is 55.1 Å². The number of nitrogens with one attached hydrogen (secondary N) is 3. The molecule has 0 fully saturated rings. The SMILES string of the molecule is CC(=O)Nc1ccc(S(=O)(=O)Nc2ccc(Br)cc2C(=O)N[C@@H](Cc2ccc(-c3ccccc3)cc2)C(=O)O)cc1. The van der Waals surface area contributed by atoms with Crippen LogP contribution in [0.25, 0.3) is 11.1 Å². The van der Waals surface area contributed by atoms with Gasteiger partial charge in [0.05, 0.1) is 16.1 Å². The van der Waals surface area contributed by atoms with Crippen LogP contribution in [0, 0.1) is 0 Å². The number of amides is 2. The molecule has 0 aliphatic carbocycles. The predicted molar refractivity (Wildman–Crippen MR) is 160 cm³/mol. The normalized spacial score (nSPS) is 11.8. The van der Waals surface area contributed by atoms with E-state index in [0.717, 1.165) is 11.1 Å². The van der Waals surface area contributed by atoms with Crippen LogP contribution >= 0.6 is 15.9 Å².